The molecule has 0 unspecified atom stereocenters. The van der Waals surface area contributed by atoms with Crippen LogP contribution in [-0.2, 0) is 11.5 Å². The minimum absolute atomic E-state index is 0.198. The van der Waals surface area contributed by atoms with Gasteiger partial charge in [-0.25, -0.2) is 14.8 Å². The van der Waals surface area contributed by atoms with Crippen LogP contribution in [0.5, 0.6) is 11.6 Å². The Hall–Kier alpha value is -3.33. The van der Waals surface area contributed by atoms with Crippen LogP contribution in [0, 0.1) is 0 Å². The van der Waals surface area contributed by atoms with Gasteiger partial charge in [-0.2, -0.15) is 11.8 Å². The summed E-state index contributed by atoms with van der Waals surface area (Å²) < 4.78 is 12.8. The smallest absolute Gasteiger partial charge is 0.331 e. The Balaban J connectivity index is 1.37. The molecule has 4 aromatic rings. The average molecular weight is 421 g/mol. The Labute approximate surface area is 176 Å². The number of hydrogen-bond acceptors (Lipinski definition) is 7. The van der Waals surface area contributed by atoms with Crippen molar-refractivity contribution in [1.29, 1.82) is 0 Å². The lowest BCUT2D eigenvalue weighted by molar-refractivity contribution is 0.254. The van der Waals surface area contributed by atoms with E-state index in [0.717, 1.165) is 39.4 Å². The summed E-state index contributed by atoms with van der Waals surface area (Å²) in [6, 6.07) is 8.86. The van der Waals surface area contributed by atoms with E-state index in [9.17, 15) is 4.79 Å². The highest BCUT2D eigenvalue weighted by Gasteiger charge is 2.19. The first-order valence-corrected chi connectivity index (χ1v) is 10.7. The second-order valence-electron chi connectivity index (χ2n) is 7.30. The largest absolute Gasteiger partial charge is 0.439 e. The van der Waals surface area contributed by atoms with Crippen molar-refractivity contribution in [2.24, 2.45) is 0 Å². The Morgan fingerprint density at radius 1 is 1.23 bits per heavy atom. The van der Waals surface area contributed by atoms with Crippen LogP contribution in [0.15, 0.2) is 47.4 Å². The topological polar surface area (TPSA) is 95.1 Å². The number of nitrogens with one attached hydrogen (secondary N) is 1. The summed E-state index contributed by atoms with van der Waals surface area (Å²) in [5.41, 5.74) is 2.84. The Morgan fingerprint density at radius 2 is 2.13 bits per heavy atom. The molecule has 1 amide bonds. The van der Waals surface area contributed by atoms with Gasteiger partial charge >= 0.3 is 6.03 Å². The average Bonchev–Trinajstić information content (AvgIpc) is 3.47. The fraction of sp³-hybridized carbons (Fsp3) is 0.238. The van der Waals surface area contributed by atoms with Crippen LogP contribution in [0.1, 0.15) is 36.8 Å². The second kappa shape index (κ2) is 7.49. The zero-order valence-corrected chi connectivity index (χ0v) is 17.3. The van der Waals surface area contributed by atoms with Crippen LogP contribution >= 0.6 is 11.8 Å². The highest BCUT2D eigenvalue weighted by atomic mass is 32.2. The van der Waals surface area contributed by atoms with Crippen LogP contribution in [0.25, 0.3) is 10.9 Å². The van der Waals surface area contributed by atoms with Crippen LogP contribution in [-0.4, -0.2) is 25.7 Å². The number of carbonyl (C=O) groups is 1. The summed E-state index contributed by atoms with van der Waals surface area (Å²) in [4.78, 5) is 21.3. The predicted molar refractivity (Wildman–Crippen MR) is 114 cm³/mol. The van der Waals surface area contributed by atoms with Crippen molar-refractivity contribution in [3.63, 3.8) is 0 Å². The van der Waals surface area contributed by atoms with Crippen molar-refractivity contribution >= 4 is 34.5 Å². The van der Waals surface area contributed by atoms with E-state index in [0.29, 0.717) is 17.4 Å². The van der Waals surface area contributed by atoms with Gasteiger partial charge in [0, 0.05) is 40.6 Å². The molecule has 0 aliphatic carbocycles. The molecule has 1 aromatic carbocycles. The van der Waals surface area contributed by atoms with Gasteiger partial charge in [0.1, 0.15) is 17.8 Å². The third kappa shape index (κ3) is 3.41. The minimum atomic E-state index is -0.312. The first-order chi connectivity index (χ1) is 14.6. The van der Waals surface area contributed by atoms with Crippen molar-refractivity contribution in [3.05, 3.63) is 59.9 Å². The van der Waals surface area contributed by atoms with Crippen molar-refractivity contribution in [2.75, 3.05) is 5.32 Å². The van der Waals surface area contributed by atoms with Gasteiger partial charge in [-0.3, -0.25) is 9.88 Å². The standard InChI is InChI=1S/C21H19N5O3S/c1-12(2)18-8-19(25-29-18)24-21(27)26-6-5-13-7-14(3-4-17(13)26)28-20-15-9-30-10-16(15)22-11-23-20/h3-8,11-12H,9-10H2,1-2H3,(H,24,25,27). The van der Waals surface area contributed by atoms with Crippen LogP contribution in [0.4, 0.5) is 10.6 Å². The molecule has 1 aliphatic rings. The number of benzene rings is 1. The summed E-state index contributed by atoms with van der Waals surface area (Å²) >= 11 is 1.80. The number of ether oxygens (including phenoxy) is 1. The van der Waals surface area contributed by atoms with Crippen LogP contribution in [0.3, 0.4) is 0 Å². The first-order valence-electron chi connectivity index (χ1n) is 9.56. The third-order valence-electron chi connectivity index (χ3n) is 4.91. The molecule has 5 rings (SSSR count). The maximum absolute atomic E-state index is 12.7. The number of nitrogens with zero attached hydrogens (tertiary/aromatic N) is 4. The van der Waals surface area contributed by atoms with Gasteiger partial charge in [-0.1, -0.05) is 19.0 Å². The Morgan fingerprint density at radius 3 is 2.97 bits per heavy atom. The summed E-state index contributed by atoms with van der Waals surface area (Å²) in [5.74, 6) is 4.30. The molecule has 0 spiro atoms. The number of fused-ring (bicyclic) bond motifs is 2. The van der Waals surface area contributed by atoms with E-state index in [2.05, 4.69) is 20.4 Å². The van der Waals surface area contributed by atoms with Crippen molar-refractivity contribution in [1.82, 2.24) is 19.7 Å². The molecule has 0 bridgehead atoms. The molecule has 1 N–H and O–H groups in total. The maximum atomic E-state index is 12.7. The van der Waals surface area contributed by atoms with E-state index in [1.54, 1.807) is 24.0 Å². The number of carbonyl (C=O) groups excluding carboxylic acids is 1. The van der Waals surface area contributed by atoms with E-state index in [-0.39, 0.29) is 11.9 Å². The molecule has 1 aliphatic heterocycles. The molecule has 0 radical (unpaired) electrons. The zero-order valence-electron chi connectivity index (χ0n) is 16.5. The van der Waals surface area contributed by atoms with Gasteiger partial charge in [0.25, 0.3) is 0 Å². The van der Waals surface area contributed by atoms with Gasteiger partial charge in [0.2, 0.25) is 5.88 Å². The number of hydrogen-bond donors (Lipinski definition) is 1. The lowest BCUT2D eigenvalue weighted by Crippen LogP contribution is -2.18. The van der Waals surface area contributed by atoms with Gasteiger partial charge in [-0.05, 0) is 24.3 Å². The number of aromatic nitrogens is 4. The quantitative estimate of drug-likeness (QED) is 0.486. The van der Waals surface area contributed by atoms with Crippen molar-refractivity contribution in [2.45, 2.75) is 31.3 Å². The summed E-state index contributed by atoms with van der Waals surface area (Å²) in [6.07, 6.45) is 3.25. The molecule has 0 fully saturated rings. The van der Waals surface area contributed by atoms with E-state index in [4.69, 9.17) is 9.26 Å². The zero-order chi connectivity index (χ0) is 20.7. The highest BCUT2D eigenvalue weighted by molar-refractivity contribution is 7.98. The molecule has 4 heterocycles. The third-order valence-corrected chi connectivity index (χ3v) is 5.88. The molecule has 9 heteroatoms. The molecule has 0 saturated carbocycles. The summed E-state index contributed by atoms with van der Waals surface area (Å²) in [6.45, 7) is 4.00. The molecular weight excluding hydrogens is 402 g/mol. The molecule has 8 nitrogen and oxygen atoms in total. The molecule has 3 aromatic heterocycles. The van der Waals surface area contributed by atoms with Crippen LogP contribution < -0.4 is 10.1 Å². The Kier molecular flexibility index (Phi) is 4.66. The Bertz CT molecular complexity index is 1250. The van der Waals surface area contributed by atoms with Gasteiger partial charge in [0.15, 0.2) is 5.82 Å². The van der Waals surface area contributed by atoms with E-state index < -0.39 is 0 Å². The monoisotopic (exact) mass is 421 g/mol. The van der Waals surface area contributed by atoms with Gasteiger partial charge in [0.05, 0.1) is 11.2 Å². The van der Waals surface area contributed by atoms with Gasteiger partial charge in [-0.15, -0.1) is 0 Å². The van der Waals surface area contributed by atoms with Crippen molar-refractivity contribution < 1.29 is 14.1 Å². The normalized spacial score (nSPS) is 13.0. The number of rotatable bonds is 4. The number of anilines is 1. The number of amides is 1. The predicted octanol–water partition coefficient (Wildman–Crippen LogP) is 5.16. The fourth-order valence-corrected chi connectivity index (χ4v) is 4.34. The molecule has 30 heavy (non-hydrogen) atoms. The highest BCUT2D eigenvalue weighted by Crippen LogP contribution is 2.35. The first kappa shape index (κ1) is 18.7. The van der Waals surface area contributed by atoms with E-state index in [1.165, 1.54) is 10.9 Å². The lowest BCUT2D eigenvalue weighted by Gasteiger charge is -2.09. The summed E-state index contributed by atoms with van der Waals surface area (Å²) in [5, 5.41) is 7.55. The lowest BCUT2D eigenvalue weighted by atomic mass is 10.2. The minimum Gasteiger partial charge on any atom is -0.439 e. The number of thioether (sulfide) groups is 1. The SMILES string of the molecule is CC(C)c1cc(NC(=O)n2ccc3cc(Oc4ncnc5c4CSC5)ccc32)no1. The fourth-order valence-electron chi connectivity index (χ4n) is 3.30. The molecule has 0 atom stereocenters. The molecule has 0 saturated heterocycles. The summed E-state index contributed by atoms with van der Waals surface area (Å²) in [7, 11) is 0. The van der Waals surface area contributed by atoms with E-state index >= 15 is 0 Å². The second-order valence-corrected chi connectivity index (χ2v) is 8.29. The molecule has 152 valence electrons. The maximum Gasteiger partial charge on any atom is 0.331 e. The van der Waals surface area contributed by atoms with Gasteiger partial charge < -0.3 is 9.26 Å². The molecular formula is C21H19N5O3S. The van der Waals surface area contributed by atoms with E-state index in [1.807, 2.05) is 38.1 Å². The van der Waals surface area contributed by atoms with Crippen molar-refractivity contribution in [3.8, 4) is 11.6 Å². The van der Waals surface area contributed by atoms with Crippen LogP contribution in [0.2, 0.25) is 0 Å².